The van der Waals surface area contributed by atoms with E-state index in [2.05, 4.69) is 10.1 Å². The normalized spacial score (nSPS) is 10.3. The van der Waals surface area contributed by atoms with Crippen LogP contribution in [0.4, 0.5) is 0 Å². The van der Waals surface area contributed by atoms with Gasteiger partial charge < -0.3 is 10.1 Å². The van der Waals surface area contributed by atoms with Gasteiger partial charge in [0.25, 0.3) is 5.56 Å². The SMILES string of the molecule is Cn1cc(-c2c[nH]c(=O)c(C(=O)O)c2)cn1. The van der Waals surface area contributed by atoms with E-state index in [9.17, 15) is 9.59 Å². The molecule has 2 N–H and O–H groups in total. The van der Waals surface area contributed by atoms with Gasteiger partial charge in [0, 0.05) is 30.6 Å². The van der Waals surface area contributed by atoms with E-state index < -0.39 is 11.5 Å². The highest BCUT2D eigenvalue weighted by atomic mass is 16.4. The van der Waals surface area contributed by atoms with Gasteiger partial charge in [-0.05, 0) is 6.07 Å². The highest BCUT2D eigenvalue weighted by Gasteiger charge is 2.10. The number of carbonyl (C=O) groups is 1. The Kier molecular flexibility index (Phi) is 2.32. The molecule has 0 saturated heterocycles. The maximum absolute atomic E-state index is 11.2. The Labute approximate surface area is 90.2 Å². The van der Waals surface area contributed by atoms with Gasteiger partial charge in [-0.3, -0.25) is 9.48 Å². The minimum absolute atomic E-state index is 0.277. The van der Waals surface area contributed by atoms with Crippen LogP contribution < -0.4 is 5.56 Å². The van der Waals surface area contributed by atoms with Crippen molar-refractivity contribution < 1.29 is 9.90 Å². The lowest BCUT2D eigenvalue weighted by Crippen LogP contribution is -2.16. The van der Waals surface area contributed by atoms with E-state index in [-0.39, 0.29) is 5.56 Å². The maximum atomic E-state index is 11.2. The highest BCUT2D eigenvalue weighted by molar-refractivity contribution is 5.88. The molecule has 2 aromatic heterocycles. The third kappa shape index (κ3) is 1.72. The fraction of sp³-hybridized carbons (Fsp3) is 0.100. The minimum atomic E-state index is -1.24. The lowest BCUT2D eigenvalue weighted by molar-refractivity contribution is 0.0695. The molecule has 0 aliphatic carbocycles. The second kappa shape index (κ2) is 3.65. The number of H-pyrrole nitrogens is 1. The molecule has 2 heterocycles. The van der Waals surface area contributed by atoms with Crippen molar-refractivity contribution in [2.45, 2.75) is 0 Å². The van der Waals surface area contributed by atoms with E-state index in [1.807, 2.05) is 0 Å². The van der Waals surface area contributed by atoms with Crippen LogP contribution in [0, 0.1) is 0 Å². The summed E-state index contributed by atoms with van der Waals surface area (Å²) in [6, 6.07) is 1.33. The summed E-state index contributed by atoms with van der Waals surface area (Å²) in [6.07, 6.45) is 4.80. The first kappa shape index (κ1) is 10.2. The summed E-state index contributed by atoms with van der Waals surface area (Å²) in [5, 5.41) is 12.8. The summed E-state index contributed by atoms with van der Waals surface area (Å²) in [4.78, 5) is 24.3. The molecule has 82 valence electrons. The molecule has 0 aliphatic heterocycles. The van der Waals surface area contributed by atoms with Crippen LogP contribution in [0.1, 0.15) is 10.4 Å². The molecule has 0 fully saturated rings. The molecule has 0 aromatic carbocycles. The van der Waals surface area contributed by atoms with E-state index in [1.54, 1.807) is 24.1 Å². The number of hydrogen-bond donors (Lipinski definition) is 2. The molecule has 0 aliphatic rings. The Bertz CT molecular complexity index is 597. The number of carboxylic acids is 1. The van der Waals surface area contributed by atoms with Crippen LogP contribution in [0.5, 0.6) is 0 Å². The van der Waals surface area contributed by atoms with E-state index in [4.69, 9.17) is 5.11 Å². The average Bonchev–Trinajstić information content (AvgIpc) is 2.65. The molecule has 0 saturated carbocycles. The molecule has 2 aromatic rings. The summed E-state index contributed by atoms with van der Waals surface area (Å²) < 4.78 is 1.60. The Balaban J connectivity index is 2.55. The number of rotatable bonds is 2. The predicted molar refractivity (Wildman–Crippen MR) is 56.2 cm³/mol. The van der Waals surface area contributed by atoms with Crippen LogP contribution in [-0.2, 0) is 7.05 Å². The van der Waals surface area contributed by atoms with Crippen molar-refractivity contribution in [2.24, 2.45) is 7.05 Å². The van der Waals surface area contributed by atoms with E-state index in [0.717, 1.165) is 5.56 Å². The third-order valence-corrected chi connectivity index (χ3v) is 2.17. The van der Waals surface area contributed by atoms with Crippen molar-refractivity contribution in [1.82, 2.24) is 14.8 Å². The van der Waals surface area contributed by atoms with Crippen LogP contribution in [0.2, 0.25) is 0 Å². The first-order chi connectivity index (χ1) is 7.58. The van der Waals surface area contributed by atoms with Crippen LogP contribution in [0.25, 0.3) is 11.1 Å². The fourth-order valence-corrected chi connectivity index (χ4v) is 1.38. The van der Waals surface area contributed by atoms with Gasteiger partial charge in [-0.1, -0.05) is 0 Å². The predicted octanol–water partition coefficient (Wildman–Crippen LogP) is 0.474. The van der Waals surface area contributed by atoms with Crippen LogP contribution in [0.3, 0.4) is 0 Å². The van der Waals surface area contributed by atoms with Gasteiger partial charge in [0.1, 0.15) is 5.56 Å². The highest BCUT2D eigenvalue weighted by Crippen LogP contribution is 2.16. The number of aromatic amines is 1. The van der Waals surface area contributed by atoms with E-state index in [0.29, 0.717) is 5.56 Å². The Morgan fingerprint density at radius 3 is 2.81 bits per heavy atom. The molecule has 0 unspecified atom stereocenters. The van der Waals surface area contributed by atoms with Crippen LogP contribution in [0.15, 0.2) is 29.5 Å². The van der Waals surface area contributed by atoms with Crippen molar-refractivity contribution in [3.63, 3.8) is 0 Å². The number of hydrogen-bond acceptors (Lipinski definition) is 3. The zero-order chi connectivity index (χ0) is 11.7. The number of aromatic carboxylic acids is 1. The second-order valence-electron chi connectivity index (χ2n) is 3.34. The molecule has 2 rings (SSSR count). The Hall–Kier alpha value is -2.37. The number of aromatic nitrogens is 3. The minimum Gasteiger partial charge on any atom is -0.477 e. The van der Waals surface area contributed by atoms with Gasteiger partial charge >= 0.3 is 5.97 Å². The number of nitrogens with zero attached hydrogens (tertiary/aromatic N) is 2. The van der Waals surface area contributed by atoms with Crippen molar-refractivity contribution >= 4 is 5.97 Å². The van der Waals surface area contributed by atoms with Gasteiger partial charge in [-0.25, -0.2) is 4.79 Å². The third-order valence-electron chi connectivity index (χ3n) is 2.17. The summed E-state index contributed by atoms with van der Waals surface area (Å²) >= 11 is 0. The number of carboxylic acid groups (broad SMARTS) is 1. The van der Waals surface area contributed by atoms with Gasteiger partial charge in [-0.15, -0.1) is 0 Å². The summed E-state index contributed by atoms with van der Waals surface area (Å²) in [7, 11) is 1.76. The molecule has 0 radical (unpaired) electrons. The molecular weight excluding hydrogens is 210 g/mol. The quantitative estimate of drug-likeness (QED) is 0.768. The molecule has 0 bridgehead atoms. The molecule has 16 heavy (non-hydrogen) atoms. The summed E-state index contributed by atoms with van der Waals surface area (Å²) in [5.41, 5.74) is 0.479. The summed E-state index contributed by atoms with van der Waals surface area (Å²) in [6.45, 7) is 0. The van der Waals surface area contributed by atoms with Crippen molar-refractivity contribution in [2.75, 3.05) is 0 Å². The zero-order valence-electron chi connectivity index (χ0n) is 8.47. The lowest BCUT2D eigenvalue weighted by atomic mass is 10.1. The fourth-order valence-electron chi connectivity index (χ4n) is 1.38. The zero-order valence-corrected chi connectivity index (χ0v) is 8.47. The largest absolute Gasteiger partial charge is 0.477 e. The Morgan fingerprint density at radius 1 is 1.50 bits per heavy atom. The van der Waals surface area contributed by atoms with E-state index >= 15 is 0 Å². The number of pyridine rings is 1. The molecule has 6 nitrogen and oxygen atoms in total. The van der Waals surface area contributed by atoms with Gasteiger partial charge in [0.15, 0.2) is 0 Å². The summed E-state index contributed by atoms with van der Waals surface area (Å²) in [5.74, 6) is -1.24. The van der Waals surface area contributed by atoms with Crippen molar-refractivity contribution in [1.29, 1.82) is 0 Å². The second-order valence-corrected chi connectivity index (χ2v) is 3.34. The number of aryl methyl sites for hydroxylation is 1. The smallest absolute Gasteiger partial charge is 0.341 e. The number of nitrogens with one attached hydrogen (secondary N) is 1. The van der Waals surface area contributed by atoms with Gasteiger partial charge in [0.2, 0.25) is 0 Å². The van der Waals surface area contributed by atoms with Crippen LogP contribution in [-0.4, -0.2) is 25.8 Å². The molecule has 0 atom stereocenters. The van der Waals surface area contributed by atoms with Gasteiger partial charge in [0.05, 0.1) is 6.20 Å². The topological polar surface area (TPSA) is 88.0 Å². The standard InChI is InChI=1S/C10H9N3O3/c1-13-5-7(4-12-13)6-2-8(10(15)16)9(14)11-3-6/h2-5H,1H3,(H,11,14)(H,15,16). The molecular formula is C10H9N3O3. The monoisotopic (exact) mass is 219 g/mol. The maximum Gasteiger partial charge on any atom is 0.341 e. The molecule has 6 heteroatoms. The molecule has 0 amide bonds. The average molecular weight is 219 g/mol. The first-order valence-corrected chi connectivity index (χ1v) is 4.53. The lowest BCUT2D eigenvalue weighted by Gasteiger charge is -1.98. The van der Waals surface area contributed by atoms with Crippen LogP contribution >= 0.6 is 0 Å². The first-order valence-electron chi connectivity index (χ1n) is 4.53. The molecule has 0 spiro atoms. The Morgan fingerprint density at radius 2 is 2.25 bits per heavy atom. The van der Waals surface area contributed by atoms with Crippen molar-refractivity contribution in [3.05, 3.63) is 40.6 Å². The van der Waals surface area contributed by atoms with Gasteiger partial charge in [-0.2, -0.15) is 5.10 Å². The van der Waals surface area contributed by atoms with Crippen molar-refractivity contribution in [3.8, 4) is 11.1 Å². The van der Waals surface area contributed by atoms with E-state index in [1.165, 1.54) is 12.3 Å².